The van der Waals surface area contributed by atoms with Crippen LogP contribution in [0, 0.1) is 0 Å². The second-order valence-corrected chi connectivity index (χ2v) is 7.53. The Balaban J connectivity index is 2.00. The Morgan fingerprint density at radius 1 is 0.750 bits per heavy atom. The summed E-state index contributed by atoms with van der Waals surface area (Å²) in [7, 11) is -4.19. The van der Waals surface area contributed by atoms with E-state index in [4.69, 9.17) is 5.11 Å². The molecule has 0 saturated heterocycles. The Morgan fingerprint density at radius 3 is 1.82 bits per heavy atom. The minimum atomic E-state index is -4.19. The molecule has 0 aliphatic rings. The molecular weight excluding hydrogens is 380 g/mol. The SMILES string of the molecule is O=C(O)c1ccc(S(=O)(=O)N(NC(=O)c2ccccc2)c2ccccc2)cc1. The first-order valence-corrected chi connectivity index (χ1v) is 9.63. The molecule has 3 aromatic carbocycles. The van der Waals surface area contributed by atoms with Crippen molar-refractivity contribution in [2.45, 2.75) is 4.90 Å². The lowest BCUT2D eigenvalue weighted by Crippen LogP contribution is -2.46. The first kappa shape index (κ1) is 19.1. The molecule has 0 aliphatic carbocycles. The highest BCUT2D eigenvalue weighted by Crippen LogP contribution is 2.22. The third-order valence-electron chi connectivity index (χ3n) is 3.87. The monoisotopic (exact) mass is 396 g/mol. The number of nitrogens with zero attached hydrogens (tertiary/aromatic N) is 1. The van der Waals surface area contributed by atoms with Crippen molar-refractivity contribution >= 4 is 27.6 Å². The molecule has 3 aromatic rings. The number of amides is 1. The smallest absolute Gasteiger partial charge is 0.335 e. The lowest BCUT2D eigenvalue weighted by molar-refractivity contribution is 0.0696. The van der Waals surface area contributed by atoms with Crippen LogP contribution >= 0.6 is 0 Å². The fourth-order valence-corrected chi connectivity index (χ4v) is 3.74. The zero-order chi connectivity index (χ0) is 20.1. The summed E-state index contributed by atoms with van der Waals surface area (Å²) in [5, 5.41) is 8.99. The van der Waals surface area contributed by atoms with Gasteiger partial charge < -0.3 is 5.11 Å². The van der Waals surface area contributed by atoms with Crippen molar-refractivity contribution in [1.29, 1.82) is 0 Å². The lowest BCUT2D eigenvalue weighted by atomic mass is 10.2. The van der Waals surface area contributed by atoms with Crippen molar-refractivity contribution in [3.8, 4) is 0 Å². The number of anilines is 1. The Hall–Kier alpha value is -3.65. The second-order valence-electron chi connectivity index (χ2n) is 5.74. The van der Waals surface area contributed by atoms with E-state index < -0.39 is 21.9 Å². The molecule has 0 heterocycles. The van der Waals surface area contributed by atoms with Crippen molar-refractivity contribution in [2.75, 3.05) is 4.41 Å². The number of carboxylic acid groups (broad SMARTS) is 1. The topological polar surface area (TPSA) is 104 Å². The number of aromatic carboxylic acids is 1. The molecule has 0 radical (unpaired) electrons. The number of hydrogen-bond acceptors (Lipinski definition) is 4. The van der Waals surface area contributed by atoms with Gasteiger partial charge >= 0.3 is 5.97 Å². The number of hydrogen-bond donors (Lipinski definition) is 2. The number of carboxylic acids is 1. The van der Waals surface area contributed by atoms with Crippen LogP contribution in [0.4, 0.5) is 5.69 Å². The zero-order valence-electron chi connectivity index (χ0n) is 14.5. The number of hydrazine groups is 1. The summed E-state index contributed by atoms with van der Waals surface area (Å²) >= 11 is 0. The van der Waals surface area contributed by atoms with E-state index in [1.165, 1.54) is 36.4 Å². The molecule has 7 nitrogen and oxygen atoms in total. The molecule has 28 heavy (non-hydrogen) atoms. The van der Waals surface area contributed by atoms with Crippen LogP contribution in [0.5, 0.6) is 0 Å². The van der Waals surface area contributed by atoms with Crippen molar-refractivity contribution in [3.63, 3.8) is 0 Å². The van der Waals surface area contributed by atoms with Crippen LogP contribution in [0.2, 0.25) is 0 Å². The number of para-hydroxylation sites is 1. The van der Waals surface area contributed by atoms with E-state index in [1.807, 2.05) is 0 Å². The molecule has 2 N–H and O–H groups in total. The van der Waals surface area contributed by atoms with Gasteiger partial charge in [0.25, 0.3) is 15.9 Å². The van der Waals surface area contributed by atoms with Gasteiger partial charge in [0.1, 0.15) is 0 Å². The summed E-state index contributed by atoms with van der Waals surface area (Å²) in [6.45, 7) is 0. The molecule has 142 valence electrons. The number of benzene rings is 3. The highest BCUT2D eigenvalue weighted by molar-refractivity contribution is 7.92. The minimum Gasteiger partial charge on any atom is -0.478 e. The number of rotatable bonds is 6. The van der Waals surface area contributed by atoms with Crippen LogP contribution < -0.4 is 9.84 Å². The second kappa shape index (κ2) is 7.93. The fraction of sp³-hybridized carbons (Fsp3) is 0. The Bertz CT molecular complexity index is 1080. The minimum absolute atomic E-state index is 0.0430. The molecule has 0 saturated carbocycles. The maximum Gasteiger partial charge on any atom is 0.335 e. The first-order valence-electron chi connectivity index (χ1n) is 8.19. The van der Waals surface area contributed by atoms with Gasteiger partial charge in [-0.05, 0) is 48.5 Å². The van der Waals surface area contributed by atoms with Gasteiger partial charge in [-0.15, -0.1) is 0 Å². The highest BCUT2D eigenvalue weighted by atomic mass is 32.2. The van der Waals surface area contributed by atoms with Crippen LogP contribution in [-0.4, -0.2) is 25.4 Å². The first-order chi connectivity index (χ1) is 13.4. The largest absolute Gasteiger partial charge is 0.478 e. The molecule has 3 rings (SSSR count). The Kier molecular flexibility index (Phi) is 5.42. The van der Waals surface area contributed by atoms with Crippen LogP contribution in [0.3, 0.4) is 0 Å². The van der Waals surface area contributed by atoms with Gasteiger partial charge in [-0.2, -0.15) is 12.8 Å². The molecule has 0 atom stereocenters. The zero-order valence-corrected chi connectivity index (χ0v) is 15.3. The molecular formula is C20H16N2O5S. The quantitative estimate of drug-likeness (QED) is 0.624. The highest BCUT2D eigenvalue weighted by Gasteiger charge is 2.27. The summed E-state index contributed by atoms with van der Waals surface area (Å²) < 4.78 is 27.1. The molecule has 1 amide bonds. The van der Waals surface area contributed by atoms with E-state index in [-0.39, 0.29) is 16.1 Å². The van der Waals surface area contributed by atoms with Crippen molar-refractivity contribution in [1.82, 2.24) is 5.43 Å². The van der Waals surface area contributed by atoms with Gasteiger partial charge in [0.05, 0.1) is 16.1 Å². The number of nitrogens with one attached hydrogen (secondary N) is 1. The predicted molar refractivity (Wildman–Crippen MR) is 103 cm³/mol. The van der Waals surface area contributed by atoms with E-state index in [2.05, 4.69) is 5.43 Å². The van der Waals surface area contributed by atoms with E-state index in [0.29, 0.717) is 5.56 Å². The van der Waals surface area contributed by atoms with Crippen LogP contribution in [0.25, 0.3) is 0 Å². The van der Waals surface area contributed by atoms with Gasteiger partial charge in [0, 0.05) is 5.56 Å². The molecule has 0 unspecified atom stereocenters. The van der Waals surface area contributed by atoms with Crippen molar-refractivity contribution < 1.29 is 23.1 Å². The van der Waals surface area contributed by atoms with E-state index in [1.54, 1.807) is 48.5 Å². The summed E-state index contributed by atoms with van der Waals surface area (Å²) in [4.78, 5) is 23.4. The van der Waals surface area contributed by atoms with Crippen molar-refractivity contribution in [3.05, 3.63) is 96.1 Å². The fourth-order valence-electron chi connectivity index (χ4n) is 2.45. The van der Waals surface area contributed by atoms with Gasteiger partial charge in [-0.25, -0.2) is 10.2 Å². The predicted octanol–water partition coefficient (Wildman–Crippen LogP) is 2.93. The Labute approximate surface area is 161 Å². The maximum atomic E-state index is 13.1. The lowest BCUT2D eigenvalue weighted by Gasteiger charge is -2.25. The molecule has 0 aromatic heterocycles. The average Bonchev–Trinajstić information content (AvgIpc) is 2.73. The molecule has 0 bridgehead atoms. The van der Waals surface area contributed by atoms with E-state index in [0.717, 1.165) is 4.41 Å². The van der Waals surface area contributed by atoms with Crippen LogP contribution in [-0.2, 0) is 10.0 Å². The molecule has 0 spiro atoms. The van der Waals surface area contributed by atoms with Gasteiger partial charge in [-0.3, -0.25) is 4.79 Å². The van der Waals surface area contributed by atoms with Crippen LogP contribution in [0.1, 0.15) is 20.7 Å². The van der Waals surface area contributed by atoms with E-state index in [9.17, 15) is 18.0 Å². The average molecular weight is 396 g/mol. The normalized spacial score (nSPS) is 10.9. The van der Waals surface area contributed by atoms with Gasteiger partial charge in [-0.1, -0.05) is 36.4 Å². The molecule has 0 fully saturated rings. The van der Waals surface area contributed by atoms with Gasteiger partial charge in [0.15, 0.2) is 0 Å². The van der Waals surface area contributed by atoms with Crippen LogP contribution in [0.15, 0.2) is 89.8 Å². The summed E-state index contributed by atoms with van der Waals surface area (Å²) in [6.07, 6.45) is 0. The molecule has 8 heteroatoms. The molecule has 0 aliphatic heterocycles. The standard InChI is InChI=1S/C20H16N2O5S/c23-19(15-7-3-1-4-8-15)21-22(17-9-5-2-6-10-17)28(26,27)18-13-11-16(12-14-18)20(24)25/h1-14H,(H,21,23)(H,24,25). The third-order valence-corrected chi connectivity index (χ3v) is 5.52. The number of carbonyl (C=O) groups excluding carboxylic acids is 1. The van der Waals surface area contributed by atoms with E-state index >= 15 is 0 Å². The summed E-state index contributed by atoms with van der Waals surface area (Å²) in [6, 6.07) is 21.0. The van der Waals surface area contributed by atoms with Crippen molar-refractivity contribution in [2.24, 2.45) is 0 Å². The third kappa shape index (κ3) is 4.02. The number of carbonyl (C=O) groups is 2. The number of sulfonamides is 1. The summed E-state index contributed by atoms with van der Waals surface area (Å²) in [5.74, 6) is -1.77. The Morgan fingerprint density at radius 2 is 1.29 bits per heavy atom. The van der Waals surface area contributed by atoms with Gasteiger partial charge in [0.2, 0.25) is 0 Å². The maximum absolute atomic E-state index is 13.1. The summed E-state index contributed by atoms with van der Waals surface area (Å²) in [5.41, 5.74) is 2.89.